The predicted molar refractivity (Wildman–Crippen MR) is 80.3 cm³/mol. The standard InChI is InChI=1S/C14H21N3O3S/c1-16-9-11-17(12-10-16)14(18)7-8-15-21(19,20)13-5-3-2-4-6-13/h2-6,15H,7-12H2,1H3. The quantitative estimate of drug-likeness (QED) is 0.839. The Balaban J connectivity index is 1.80. The molecule has 1 saturated heterocycles. The molecule has 1 aliphatic heterocycles. The average Bonchev–Trinajstić information content (AvgIpc) is 2.48. The summed E-state index contributed by atoms with van der Waals surface area (Å²) in [4.78, 5) is 16.2. The zero-order chi connectivity index (χ0) is 15.3. The third kappa shape index (κ3) is 4.52. The van der Waals surface area contributed by atoms with Gasteiger partial charge in [-0.3, -0.25) is 4.79 Å². The molecule has 0 aromatic heterocycles. The van der Waals surface area contributed by atoms with Gasteiger partial charge in [-0.05, 0) is 19.2 Å². The van der Waals surface area contributed by atoms with Crippen LogP contribution in [0, 0.1) is 0 Å². The Morgan fingerprint density at radius 1 is 1.14 bits per heavy atom. The van der Waals surface area contributed by atoms with E-state index in [1.54, 1.807) is 23.1 Å². The number of rotatable bonds is 5. The van der Waals surface area contributed by atoms with Crippen LogP contribution in [0.5, 0.6) is 0 Å². The van der Waals surface area contributed by atoms with Crippen LogP contribution in [0.15, 0.2) is 35.2 Å². The maximum Gasteiger partial charge on any atom is 0.240 e. The molecule has 0 spiro atoms. The molecule has 0 aliphatic carbocycles. The van der Waals surface area contributed by atoms with Crippen LogP contribution in [-0.4, -0.2) is 63.9 Å². The molecule has 1 fully saturated rings. The first-order chi connectivity index (χ1) is 9.99. The van der Waals surface area contributed by atoms with Gasteiger partial charge in [0.2, 0.25) is 15.9 Å². The summed E-state index contributed by atoms with van der Waals surface area (Å²) in [5.41, 5.74) is 0. The maximum atomic E-state index is 12.0. The molecule has 7 heteroatoms. The molecule has 1 aliphatic rings. The van der Waals surface area contributed by atoms with Gasteiger partial charge in [-0.1, -0.05) is 18.2 Å². The Hall–Kier alpha value is -1.44. The van der Waals surface area contributed by atoms with Crippen molar-refractivity contribution in [2.45, 2.75) is 11.3 Å². The van der Waals surface area contributed by atoms with E-state index in [0.29, 0.717) is 13.1 Å². The summed E-state index contributed by atoms with van der Waals surface area (Å²) in [6, 6.07) is 8.17. The first-order valence-electron chi connectivity index (χ1n) is 7.00. The SMILES string of the molecule is CN1CCN(C(=O)CCNS(=O)(=O)c2ccccc2)CC1. The van der Waals surface area contributed by atoms with Gasteiger partial charge in [-0.15, -0.1) is 0 Å². The topological polar surface area (TPSA) is 69.7 Å². The number of carbonyl (C=O) groups excluding carboxylic acids is 1. The maximum absolute atomic E-state index is 12.0. The van der Waals surface area contributed by atoms with E-state index in [0.717, 1.165) is 13.1 Å². The lowest BCUT2D eigenvalue weighted by molar-refractivity contribution is -0.132. The summed E-state index contributed by atoms with van der Waals surface area (Å²) < 4.78 is 26.4. The number of nitrogens with zero attached hydrogens (tertiary/aromatic N) is 2. The molecule has 0 radical (unpaired) electrons. The fraction of sp³-hybridized carbons (Fsp3) is 0.500. The largest absolute Gasteiger partial charge is 0.340 e. The van der Waals surface area contributed by atoms with E-state index in [9.17, 15) is 13.2 Å². The van der Waals surface area contributed by atoms with Crippen molar-refractivity contribution in [3.8, 4) is 0 Å². The second-order valence-electron chi connectivity index (χ2n) is 5.14. The molecule has 0 saturated carbocycles. The van der Waals surface area contributed by atoms with Crippen LogP contribution in [0.4, 0.5) is 0 Å². The normalized spacial score (nSPS) is 16.9. The minimum absolute atomic E-state index is 0.00105. The van der Waals surface area contributed by atoms with E-state index in [4.69, 9.17) is 0 Å². The second kappa shape index (κ2) is 7.02. The summed E-state index contributed by atoms with van der Waals surface area (Å²) in [7, 11) is -1.50. The van der Waals surface area contributed by atoms with E-state index in [-0.39, 0.29) is 23.8 Å². The lowest BCUT2D eigenvalue weighted by Crippen LogP contribution is -2.47. The van der Waals surface area contributed by atoms with Gasteiger partial charge in [-0.25, -0.2) is 13.1 Å². The third-order valence-electron chi connectivity index (χ3n) is 3.54. The molecule has 1 heterocycles. The van der Waals surface area contributed by atoms with Crippen LogP contribution in [0.1, 0.15) is 6.42 Å². The summed E-state index contributed by atoms with van der Waals surface area (Å²) in [6.45, 7) is 3.27. The van der Waals surface area contributed by atoms with E-state index in [1.165, 1.54) is 12.1 Å². The highest BCUT2D eigenvalue weighted by atomic mass is 32.2. The summed E-state index contributed by atoms with van der Waals surface area (Å²) in [6.07, 6.45) is 0.190. The minimum atomic E-state index is -3.52. The minimum Gasteiger partial charge on any atom is -0.340 e. The molecule has 1 N–H and O–H groups in total. The van der Waals surface area contributed by atoms with Crippen molar-refractivity contribution < 1.29 is 13.2 Å². The Bertz CT molecular complexity index is 566. The number of hydrogen-bond acceptors (Lipinski definition) is 4. The predicted octanol–water partition coefficient (Wildman–Crippen LogP) is 0.129. The Morgan fingerprint density at radius 2 is 1.76 bits per heavy atom. The first-order valence-corrected chi connectivity index (χ1v) is 8.48. The Morgan fingerprint density at radius 3 is 2.38 bits per heavy atom. The van der Waals surface area contributed by atoms with Crippen LogP contribution < -0.4 is 4.72 Å². The van der Waals surface area contributed by atoms with Crippen LogP contribution in [-0.2, 0) is 14.8 Å². The van der Waals surface area contributed by atoms with Crippen molar-refractivity contribution in [3.05, 3.63) is 30.3 Å². The zero-order valence-electron chi connectivity index (χ0n) is 12.2. The van der Waals surface area contributed by atoms with Crippen LogP contribution >= 0.6 is 0 Å². The summed E-state index contributed by atoms with van der Waals surface area (Å²) >= 11 is 0. The molecule has 1 aromatic rings. The average molecular weight is 311 g/mol. The van der Waals surface area contributed by atoms with Crippen LogP contribution in [0.25, 0.3) is 0 Å². The first kappa shape index (κ1) is 15.9. The van der Waals surface area contributed by atoms with Crippen molar-refractivity contribution in [1.82, 2.24) is 14.5 Å². The van der Waals surface area contributed by atoms with Gasteiger partial charge in [0.1, 0.15) is 0 Å². The van der Waals surface area contributed by atoms with Gasteiger partial charge in [-0.2, -0.15) is 0 Å². The summed E-state index contributed by atoms with van der Waals surface area (Å²) in [5, 5.41) is 0. The Kier molecular flexibility index (Phi) is 5.33. The molecular formula is C14H21N3O3S. The van der Waals surface area contributed by atoms with Gasteiger partial charge < -0.3 is 9.80 Å². The molecule has 21 heavy (non-hydrogen) atoms. The Labute approximate surface area is 125 Å². The number of amides is 1. The highest BCUT2D eigenvalue weighted by Crippen LogP contribution is 2.07. The van der Waals surface area contributed by atoms with Gasteiger partial charge in [0.25, 0.3) is 0 Å². The molecule has 1 amide bonds. The molecule has 0 atom stereocenters. The molecule has 0 bridgehead atoms. The number of hydrogen-bond donors (Lipinski definition) is 1. The van der Waals surface area contributed by atoms with Crippen molar-refractivity contribution in [3.63, 3.8) is 0 Å². The zero-order valence-corrected chi connectivity index (χ0v) is 13.0. The number of benzene rings is 1. The van der Waals surface area contributed by atoms with Crippen LogP contribution in [0.2, 0.25) is 0 Å². The number of piperazine rings is 1. The third-order valence-corrected chi connectivity index (χ3v) is 5.02. The lowest BCUT2D eigenvalue weighted by atomic mass is 10.3. The number of sulfonamides is 1. The highest BCUT2D eigenvalue weighted by molar-refractivity contribution is 7.89. The van der Waals surface area contributed by atoms with E-state index < -0.39 is 10.0 Å². The van der Waals surface area contributed by atoms with Crippen molar-refractivity contribution in [1.29, 1.82) is 0 Å². The summed E-state index contributed by atoms with van der Waals surface area (Å²) in [5.74, 6) is -0.00105. The smallest absolute Gasteiger partial charge is 0.240 e. The monoisotopic (exact) mass is 311 g/mol. The number of likely N-dealkylation sites (N-methyl/N-ethyl adjacent to an activating group) is 1. The molecule has 2 rings (SSSR count). The van der Waals surface area contributed by atoms with E-state index in [1.807, 2.05) is 7.05 Å². The molecule has 6 nitrogen and oxygen atoms in total. The van der Waals surface area contributed by atoms with Crippen LogP contribution in [0.3, 0.4) is 0 Å². The molecule has 116 valence electrons. The fourth-order valence-electron chi connectivity index (χ4n) is 2.19. The highest BCUT2D eigenvalue weighted by Gasteiger charge is 2.19. The fourth-order valence-corrected chi connectivity index (χ4v) is 3.24. The van der Waals surface area contributed by atoms with Gasteiger partial charge >= 0.3 is 0 Å². The van der Waals surface area contributed by atoms with Gasteiger partial charge in [0, 0.05) is 39.1 Å². The number of carbonyl (C=O) groups is 1. The second-order valence-corrected chi connectivity index (χ2v) is 6.91. The van der Waals surface area contributed by atoms with E-state index >= 15 is 0 Å². The van der Waals surface area contributed by atoms with Crippen molar-refractivity contribution >= 4 is 15.9 Å². The molecule has 1 aromatic carbocycles. The number of nitrogens with one attached hydrogen (secondary N) is 1. The van der Waals surface area contributed by atoms with Gasteiger partial charge in [0.05, 0.1) is 4.90 Å². The van der Waals surface area contributed by atoms with E-state index in [2.05, 4.69) is 9.62 Å². The van der Waals surface area contributed by atoms with Gasteiger partial charge in [0.15, 0.2) is 0 Å². The van der Waals surface area contributed by atoms with Crippen molar-refractivity contribution in [2.24, 2.45) is 0 Å². The molecule has 0 unspecified atom stereocenters. The molecular weight excluding hydrogens is 290 g/mol. The van der Waals surface area contributed by atoms with Crippen molar-refractivity contribution in [2.75, 3.05) is 39.8 Å². The lowest BCUT2D eigenvalue weighted by Gasteiger charge is -2.32.